The largest absolute Gasteiger partial charge is 0.462 e. The van der Waals surface area contributed by atoms with E-state index in [1.165, 1.54) is 154 Å². The summed E-state index contributed by atoms with van der Waals surface area (Å²) < 4.78 is 16.9. The number of hydrogen-bond donors (Lipinski definition) is 0. The van der Waals surface area contributed by atoms with Crippen LogP contribution in [0.1, 0.15) is 316 Å². The van der Waals surface area contributed by atoms with Gasteiger partial charge in [0.2, 0.25) is 0 Å². The molecule has 0 aliphatic rings. The number of carbonyl (C=O) groups excluding carboxylic acids is 3. The molecule has 6 heteroatoms. The fraction of sp³-hybridized carbons (Fsp3) is 0.712. The third kappa shape index (κ3) is 64.8. The van der Waals surface area contributed by atoms with Crippen LogP contribution in [0, 0.1) is 0 Å². The van der Waals surface area contributed by atoms with Gasteiger partial charge in [-0.25, -0.2) is 0 Å². The second kappa shape index (κ2) is 66.6. The zero-order chi connectivity index (χ0) is 57.1. The maximum atomic E-state index is 12.9. The van der Waals surface area contributed by atoms with E-state index in [0.29, 0.717) is 19.3 Å². The molecule has 0 aromatic rings. The van der Waals surface area contributed by atoms with E-state index >= 15 is 0 Å². The standard InChI is InChI=1S/C73H124O6/c1-4-7-10-13-16-19-22-24-26-28-30-31-32-33-34-35-36-37-38-39-40-41-43-44-46-48-51-54-57-60-63-66-72(75)78-69-70(68-77-71(74)65-62-59-56-53-50-21-18-15-12-9-6-3)79-73(76)67-64-61-58-55-52-49-47-45-42-29-27-25-23-20-17-14-11-8-5-2/h7,10,16-17,19-20,24-27,30-31,33-34,36-37,42,45,70H,4-6,8-9,11-15,18,21-23,28-29,32,35,38-41,43-44,46-69H2,1-3H3/b10-7-,19-16-,20-17-,26-24-,27-25-,31-30-,34-33-,37-36-,45-42-. The van der Waals surface area contributed by atoms with E-state index in [4.69, 9.17) is 14.2 Å². The molecule has 0 aliphatic carbocycles. The molecule has 0 aliphatic heterocycles. The summed E-state index contributed by atoms with van der Waals surface area (Å²) in [4.78, 5) is 38.3. The molecule has 79 heavy (non-hydrogen) atoms. The van der Waals surface area contributed by atoms with Crippen LogP contribution in [0.3, 0.4) is 0 Å². The van der Waals surface area contributed by atoms with Crippen molar-refractivity contribution >= 4 is 17.9 Å². The molecule has 0 rings (SSSR count). The van der Waals surface area contributed by atoms with Gasteiger partial charge in [-0.1, -0.05) is 297 Å². The lowest BCUT2D eigenvalue weighted by atomic mass is 10.0. The van der Waals surface area contributed by atoms with Crippen LogP contribution >= 0.6 is 0 Å². The average Bonchev–Trinajstić information content (AvgIpc) is 3.45. The fourth-order valence-corrected chi connectivity index (χ4v) is 9.28. The van der Waals surface area contributed by atoms with Crippen LogP contribution in [0.2, 0.25) is 0 Å². The van der Waals surface area contributed by atoms with Gasteiger partial charge < -0.3 is 14.2 Å². The first-order valence-electron chi connectivity index (χ1n) is 33.4. The van der Waals surface area contributed by atoms with Crippen molar-refractivity contribution in [1.29, 1.82) is 0 Å². The van der Waals surface area contributed by atoms with Crippen molar-refractivity contribution in [2.45, 2.75) is 322 Å². The SMILES string of the molecule is CC/C=C\C/C=C\C/C=C\C/C=C\C/C=C\C/C=C\CCCCCCCCCCCCCCC(=O)OCC(COC(=O)CCCCCCCCCCCCC)OC(=O)CCCCCCCC/C=C\C/C=C\C/C=C\CCCCC. The summed E-state index contributed by atoms with van der Waals surface area (Å²) in [6, 6.07) is 0. The highest BCUT2D eigenvalue weighted by Crippen LogP contribution is 2.16. The van der Waals surface area contributed by atoms with Crippen LogP contribution < -0.4 is 0 Å². The highest BCUT2D eigenvalue weighted by Gasteiger charge is 2.19. The molecule has 6 nitrogen and oxygen atoms in total. The quantitative estimate of drug-likeness (QED) is 0.0261. The maximum Gasteiger partial charge on any atom is 0.306 e. The first-order chi connectivity index (χ1) is 39.0. The third-order valence-corrected chi connectivity index (χ3v) is 14.3. The summed E-state index contributed by atoms with van der Waals surface area (Å²) in [7, 11) is 0. The number of hydrogen-bond acceptors (Lipinski definition) is 6. The van der Waals surface area contributed by atoms with E-state index in [2.05, 4.69) is 130 Å². The first kappa shape index (κ1) is 75.1. The van der Waals surface area contributed by atoms with Crippen LogP contribution in [-0.2, 0) is 28.6 Å². The Kier molecular flexibility index (Phi) is 63.3. The van der Waals surface area contributed by atoms with Crippen LogP contribution in [0.4, 0.5) is 0 Å². The Hall–Kier alpha value is -3.93. The number of unbranched alkanes of at least 4 members (excludes halogenated alkanes) is 31. The zero-order valence-electron chi connectivity index (χ0n) is 51.9. The maximum absolute atomic E-state index is 12.9. The number of allylic oxidation sites excluding steroid dienone is 18. The molecular formula is C73H124O6. The second-order valence-corrected chi connectivity index (χ2v) is 22.0. The number of rotatable bonds is 60. The summed E-state index contributed by atoms with van der Waals surface area (Å²) in [5.74, 6) is -0.887. The predicted octanol–water partition coefficient (Wildman–Crippen LogP) is 23.0. The highest BCUT2D eigenvalue weighted by atomic mass is 16.6. The van der Waals surface area contributed by atoms with Crippen LogP contribution in [0.5, 0.6) is 0 Å². The normalized spacial score (nSPS) is 12.8. The monoisotopic (exact) mass is 1100 g/mol. The Bertz CT molecular complexity index is 1590. The Balaban J connectivity index is 4.24. The van der Waals surface area contributed by atoms with Crippen molar-refractivity contribution in [3.8, 4) is 0 Å². The molecule has 0 bridgehead atoms. The molecule has 452 valence electrons. The fourth-order valence-electron chi connectivity index (χ4n) is 9.28. The highest BCUT2D eigenvalue weighted by molar-refractivity contribution is 5.71. The van der Waals surface area contributed by atoms with Crippen LogP contribution in [0.25, 0.3) is 0 Å². The van der Waals surface area contributed by atoms with Crippen molar-refractivity contribution in [2.24, 2.45) is 0 Å². The van der Waals surface area contributed by atoms with E-state index in [-0.39, 0.29) is 31.1 Å². The first-order valence-corrected chi connectivity index (χ1v) is 33.4. The second-order valence-electron chi connectivity index (χ2n) is 22.0. The minimum absolute atomic E-state index is 0.0811. The topological polar surface area (TPSA) is 78.9 Å². The Morgan fingerprint density at radius 1 is 0.266 bits per heavy atom. The van der Waals surface area contributed by atoms with Crippen molar-refractivity contribution < 1.29 is 28.6 Å². The summed E-state index contributed by atoms with van der Waals surface area (Å²) >= 11 is 0. The van der Waals surface area contributed by atoms with Crippen molar-refractivity contribution in [1.82, 2.24) is 0 Å². The molecule has 0 spiro atoms. The molecule has 0 aromatic heterocycles. The molecule has 1 atom stereocenters. The molecule has 1 unspecified atom stereocenters. The number of carbonyl (C=O) groups is 3. The van der Waals surface area contributed by atoms with Gasteiger partial charge in [-0.3, -0.25) is 14.4 Å². The average molecular weight is 1100 g/mol. The van der Waals surface area contributed by atoms with Gasteiger partial charge in [0.05, 0.1) is 0 Å². The number of esters is 3. The lowest BCUT2D eigenvalue weighted by Crippen LogP contribution is -2.30. The minimum atomic E-state index is -0.785. The molecule has 0 saturated heterocycles. The lowest BCUT2D eigenvalue weighted by molar-refractivity contribution is -0.167. The van der Waals surface area contributed by atoms with Gasteiger partial charge in [0, 0.05) is 19.3 Å². The van der Waals surface area contributed by atoms with Gasteiger partial charge in [-0.2, -0.15) is 0 Å². The van der Waals surface area contributed by atoms with Gasteiger partial charge in [0.15, 0.2) is 6.10 Å². The van der Waals surface area contributed by atoms with Gasteiger partial charge in [0.25, 0.3) is 0 Å². The van der Waals surface area contributed by atoms with E-state index in [1.807, 2.05) is 0 Å². The molecule has 0 radical (unpaired) electrons. The summed E-state index contributed by atoms with van der Waals surface area (Å²) in [6.45, 7) is 6.50. The van der Waals surface area contributed by atoms with Crippen molar-refractivity contribution in [2.75, 3.05) is 13.2 Å². The summed E-state index contributed by atoms with van der Waals surface area (Å²) in [6.07, 6.45) is 91.0. The van der Waals surface area contributed by atoms with Crippen LogP contribution in [0.15, 0.2) is 109 Å². The van der Waals surface area contributed by atoms with Gasteiger partial charge in [-0.15, -0.1) is 0 Å². The molecule has 0 N–H and O–H groups in total. The van der Waals surface area contributed by atoms with E-state index in [9.17, 15) is 14.4 Å². The molecule has 0 aromatic carbocycles. The van der Waals surface area contributed by atoms with Crippen LogP contribution in [-0.4, -0.2) is 37.2 Å². The third-order valence-electron chi connectivity index (χ3n) is 14.3. The minimum Gasteiger partial charge on any atom is -0.462 e. The van der Waals surface area contributed by atoms with Crippen molar-refractivity contribution in [3.05, 3.63) is 109 Å². The Morgan fingerprint density at radius 3 is 0.797 bits per heavy atom. The summed E-state index contributed by atoms with van der Waals surface area (Å²) in [5, 5.41) is 0. The Morgan fingerprint density at radius 2 is 0.494 bits per heavy atom. The Labute approximate surface area is 489 Å². The number of ether oxygens (including phenoxy) is 3. The van der Waals surface area contributed by atoms with Gasteiger partial charge >= 0.3 is 17.9 Å². The molecule has 0 heterocycles. The lowest BCUT2D eigenvalue weighted by Gasteiger charge is -2.18. The van der Waals surface area contributed by atoms with Gasteiger partial charge in [-0.05, 0) is 109 Å². The van der Waals surface area contributed by atoms with E-state index in [0.717, 1.165) is 122 Å². The van der Waals surface area contributed by atoms with E-state index < -0.39 is 6.10 Å². The molecule has 0 amide bonds. The molecule has 0 saturated carbocycles. The van der Waals surface area contributed by atoms with Gasteiger partial charge in [0.1, 0.15) is 13.2 Å². The molecular weight excluding hydrogens is 973 g/mol. The zero-order valence-corrected chi connectivity index (χ0v) is 51.9. The summed E-state index contributed by atoms with van der Waals surface area (Å²) in [5.41, 5.74) is 0. The van der Waals surface area contributed by atoms with Crippen molar-refractivity contribution in [3.63, 3.8) is 0 Å². The van der Waals surface area contributed by atoms with E-state index in [1.54, 1.807) is 0 Å². The predicted molar refractivity (Wildman–Crippen MR) is 343 cm³/mol. The molecule has 0 fully saturated rings. The smallest absolute Gasteiger partial charge is 0.306 e.